The van der Waals surface area contributed by atoms with Crippen LogP contribution in [0.5, 0.6) is 0 Å². The van der Waals surface area contributed by atoms with E-state index in [1.165, 1.54) is 32.1 Å². The molecule has 0 saturated carbocycles. The van der Waals surface area contributed by atoms with Crippen molar-refractivity contribution in [1.29, 1.82) is 0 Å². The quantitative estimate of drug-likeness (QED) is 0.336. The van der Waals surface area contributed by atoms with E-state index in [1.807, 2.05) is 0 Å². The number of unbranched alkanes of at least 4 members (excludes halogenated alkanes) is 4. The first-order valence-corrected chi connectivity index (χ1v) is 5.65. The third kappa shape index (κ3) is 8.26. The van der Waals surface area contributed by atoms with Gasteiger partial charge in [-0.2, -0.15) is 0 Å². The third-order valence-corrected chi connectivity index (χ3v) is 2.41. The van der Waals surface area contributed by atoms with Gasteiger partial charge in [0.15, 0.2) is 0 Å². The molecule has 0 saturated heterocycles. The normalized spacial score (nSPS) is 13.2. The van der Waals surface area contributed by atoms with Crippen LogP contribution < -0.4 is 0 Å². The van der Waals surface area contributed by atoms with E-state index >= 15 is 0 Å². The smallest absolute Gasteiger partial charge is 0.0927 e. The van der Waals surface area contributed by atoms with Crippen LogP contribution in [0.2, 0.25) is 0 Å². The summed E-state index contributed by atoms with van der Waals surface area (Å²) in [6, 6.07) is 0. The molecule has 0 radical (unpaired) electrons. The Balaban J connectivity index is 3.25. The Morgan fingerprint density at radius 1 is 0.923 bits per heavy atom. The zero-order valence-corrected chi connectivity index (χ0v) is 9.09. The molecule has 80 valence electrons. The predicted molar refractivity (Wildman–Crippen MR) is 55.8 cm³/mol. The molecule has 1 N–H and O–H groups in total. The minimum atomic E-state index is 0.0804. The first-order valence-electron chi connectivity index (χ1n) is 5.65. The van der Waals surface area contributed by atoms with Crippen molar-refractivity contribution in [2.75, 3.05) is 0 Å². The van der Waals surface area contributed by atoms with Gasteiger partial charge >= 0.3 is 0 Å². The Bertz CT molecular complexity index is 94.1. The minimum Gasteiger partial charge on any atom is -0.252 e. The minimum absolute atomic E-state index is 0.0804. The summed E-state index contributed by atoms with van der Waals surface area (Å²) in [6.45, 7) is 4.36. The van der Waals surface area contributed by atoms with Gasteiger partial charge in [-0.05, 0) is 12.8 Å². The Kier molecular flexibility index (Phi) is 9.94. The predicted octanol–water partition coefficient (Wildman–Crippen LogP) is 4.01. The molecule has 0 aromatic rings. The van der Waals surface area contributed by atoms with Crippen molar-refractivity contribution in [3.63, 3.8) is 0 Å². The molecule has 0 aliphatic carbocycles. The Morgan fingerprint density at radius 3 is 2.08 bits per heavy atom. The molecule has 0 heterocycles. The highest BCUT2D eigenvalue weighted by molar-refractivity contribution is 4.56. The van der Waals surface area contributed by atoms with Crippen molar-refractivity contribution >= 4 is 0 Å². The summed E-state index contributed by atoms with van der Waals surface area (Å²) in [5.74, 6) is 0. The van der Waals surface area contributed by atoms with E-state index in [-0.39, 0.29) is 6.10 Å². The fraction of sp³-hybridized carbons (Fsp3) is 1.00. The molecule has 0 fully saturated rings. The highest BCUT2D eigenvalue weighted by atomic mass is 17.1. The summed E-state index contributed by atoms with van der Waals surface area (Å²) in [5.41, 5.74) is 0. The molecule has 0 aromatic heterocycles. The lowest BCUT2D eigenvalue weighted by Crippen LogP contribution is -2.10. The third-order valence-electron chi connectivity index (χ3n) is 2.41. The second-order valence-electron chi connectivity index (χ2n) is 3.72. The highest BCUT2D eigenvalue weighted by Gasteiger charge is 2.07. The Morgan fingerprint density at radius 2 is 1.54 bits per heavy atom. The molecule has 2 heteroatoms. The van der Waals surface area contributed by atoms with Gasteiger partial charge in [-0.1, -0.05) is 52.4 Å². The molecule has 0 bridgehead atoms. The fourth-order valence-corrected chi connectivity index (χ4v) is 1.48. The molecular weight excluding hydrogens is 164 g/mol. The SMILES string of the molecule is CCCCCCC(CCCC)OO. The van der Waals surface area contributed by atoms with Gasteiger partial charge in [0.25, 0.3) is 0 Å². The molecule has 0 aliphatic heterocycles. The van der Waals surface area contributed by atoms with Crippen molar-refractivity contribution in [3.05, 3.63) is 0 Å². The van der Waals surface area contributed by atoms with E-state index in [0.29, 0.717) is 0 Å². The molecule has 0 aromatic carbocycles. The van der Waals surface area contributed by atoms with Crippen LogP contribution in [0.1, 0.15) is 65.2 Å². The van der Waals surface area contributed by atoms with Gasteiger partial charge in [-0.25, -0.2) is 4.89 Å². The van der Waals surface area contributed by atoms with Crippen molar-refractivity contribution in [3.8, 4) is 0 Å². The van der Waals surface area contributed by atoms with Gasteiger partial charge in [0.2, 0.25) is 0 Å². The summed E-state index contributed by atoms with van der Waals surface area (Å²) in [5, 5.41) is 8.61. The molecule has 0 amide bonds. The van der Waals surface area contributed by atoms with Crippen LogP contribution in [0.4, 0.5) is 0 Å². The summed E-state index contributed by atoms with van der Waals surface area (Å²) in [7, 11) is 0. The number of hydrogen-bond acceptors (Lipinski definition) is 2. The summed E-state index contributed by atoms with van der Waals surface area (Å²) in [6.07, 6.45) is 9.43. The van der Waals surface area contributed by atoms with Crippen LogP contribution >= 0.6 is 0 Å². The van der Waals surface area contributed by atoms with Crippen molar-refractivity contribution in [2.24, 2.45) is 0 Å². The molecule has 0 spiro atoms. The molecule has 0 rings (SSSR count). The van der Waals surface area contributed by atoms with Gasteiger partial charge in [0, 0.05) is 0 Å². The lowest BCUT2D eigenvalue weighted by atomic mass is 10.0. The zero-order valence-electron chi connectivity index (χ0n) is 9.09. The van der Waals surface area contributed by atoms with Crippen LogP contribution in [0.15, 0.2) is 0 Å². The van der Waals surface area contributed by atoms with E-state index in [4.69, 9.17) is 5.26 Å². The Hall–Kier alpha value is -0.0800. The van der Waals surface area contributed by atoms with Crippen molar-refractivity contribution < 1.29 is 10.1 Å². The Labute approximate surface area is 82.2 Å². The molecule has 1 atom stereocenters. The monoisotopic (exact) mass is 188 g/mol. The van der Waals surface area contributed by atoms with Crippen molar-refractivity contribution in [1.82, 2.24) is 0 Å². The second kappa shape index (κ2) is 10.0. The number of hydrogen-bond donors (Lipinski definition) is 1. The summed E-state index contributed by atoms with van der Waals surface area (Å²) < 4.78 is 0. The van der Waals surface area contributed by atoms with E-state index < -0.39 is 0 Å². The van der Waals surface area contributed by atoms with Crippen molar-refractivity contribution in [2.45, 2.75) is 71.3 Å². The average Bonchev–Trinajstić information content (AvgIpc) is 2.17. The lowest BCUT2D eigenvalue weighted by molar-refractivity contribution is -0.281. The van der Waals surface area contributed by atoms with E-state index in [2.05, 4.69) is 18.7 Å². The van der Waals surface area contributed by atoms with Crippen LogP contribution in [0, 0.1) is 0 Å². The maximum Gasteiger partial charge on any atom is 0.0927 e. The van der Waals surface area contributed by atoms with Crippen LogP contribution in [0.25, 0.3) is 0 Å². The summed E-state index contributed by atoms with van der Waals surface area (Å²) >= 11 is 0. The molecule has 0 aliphatic rings. The molecule has 1 unspecified atom stereocenters. The number of rotatable bonds is 9. The topological polar surface area (TPSA) is 29.5 Å². The molecule has 13 heavy (non-hydrogen) atoms. The summed E-state index contributed by atoms with van der Waals surface area (Å²) in [4.78, 5) is 4.43. The standard InChI is InChI=1S/C11H24O2/c1-3-5-7-8-10-11(13-12)9-6-4-2/h11-12H,3-10H2,1-2H3. The molecular formula is C11H24O2. The average molecular weight is 188 g/mol. The van der Waals surface area contributed by atoms with E-state index in [1.54, 1.807) is 0 Å². The van der Waals surface area contributed by atoms with Gasteiger partial charge in [0.05, 0.1) is 6.10 Å². The van der Waals surface area contributed by atoms with Crippen LogP contribution in [0.3, 0.4) is 0 Å². The molecule has 2 nitrogen and oxygen atoms in total. The lowest BCUT2D eigenvalue weighted by Gasteiger charge is -2.11. The maximum absolute atomic E-state index is 8.61. The first kappa shape index (κ1) is 12.9. The maximum atomic E-state index is 8.61. The van der Waals surface area contributed by atoms with E-state index in [0.717, 1.165) is 19.3 Å². The van der Waals surface area contributed by atoms with Gasteiger partial charge in [-0.15, -0.1) is 0 Å². The van der Waals surface area contributed by atoms with Crippen LogP contribution in [-0.4, -0.2) is 11.4 Å². The largest absolute Gasteiger partial charge is 0.252 e. The van der Waals surface area contributed by atoms with Gasteiger partial charge < -0.3 is 0 Å². The fourth-order valence-electron chi connectivity index (χ4n) is 1.48. The van der Waals surface area contributed by atoms with Crippen LogP contribution in [-0.2, 0) is 4.89 Å². The first-order chi connectivity index (χ1) is 6.35. The van der Waals surface area contributed by atoms with E-state index in [9.17, 15) is 0 Å². The second-order valence-corrected chi connectivity index (χ2v) is 3.72. The van der Waals surface area contributed by atoms with Gasteiger partial charge in [-0.3, -0.25) is 5.26 Å². The zero-order chi connectivity index (χ0) is 9.94. The highest BCUT2D eigenvalue weighted by Crippen LogP contribution is 2.12. The van der Waals surface area contributed by atoms with Gasteiger partial charge in [0.1, 0.15) is 0 Å².